The summed E-state index contributed by atoms with van der Waals surface area (Å²) in [5, 5.41) is 9.15. The molecule has 0 aromatic carbocycles. The zero-order valence-electron chi connectivity index (χ0n) is 11.7. The van der Waals surface area contributed by atoms with E-state index in [-0.39, 0.29) is 6.54 Å². The normalized spacial score (nSPS) is 18.5. The molecule has 1 amide bonds. The number of hydrogen-bond donors (Lipinski definition) is 1. The Morgan fingerprint density at radius 1 is 1.33 bits per heavy atom. The van der Waals surface area contributed by atoms with Gasteiger partial charge in [-0.3, -0.25) is 18.7 Å². The molecule has 2 rings (SSSR count). The van der Waals surface area contributed by atoms with Gasteiger partial charge < -0.3 is 10.0 Å². The van der Waals surface area contributed by atoms with Gasteiger partial charge in [0.25, 0.3) is 5.56 Å². The van der Waals surface area contributed by atoms with E-state index in [4.69, 9.17) is 5.11 Å². The number of likely N-dealkylation sites (tertiary alicyclic amines) is 1. The van der Waals surface area contributed by atoms with Crippen molar-refractivity contribution in [1.82, 2.24) is 14.0 Å². The number of piperidine rings is 1. The minimum absolute atomic E-state index is 0.267. The summed E-state index contributed by atoms with van der Waals surface area (Å²) in [5.41, 5.74) is -1.05. The lowest BCUT2D eigenvalue weighted by atomic mass is 10.0. The summed E-state index contributed by atoms with van der Waals surface area (Å²) in [4.78, 5) is 47.9. The Morgan fingerprint density at radius 2 is 2.05 bits per heavy atom. The van der Waals surface area contributed by atoms with Crippen molar-refractivity contribution in [3.05, 3.63) is 33.1 Å². The highest BCUT2D eigenvalue weighted by Gasteiger charge is 2.31. The Bertz CT molecular complexity index is 675. The molecule has 1 aromatic rings. The molecule has 1 saturated heterocycles. The maximum absolute atomic E-state index is 12.2. The van der Waals surface area contributed by atoms with Gasteiger partial charge in [-0.15, -0.1) is 0 Å². The molecule has 1 fully saturated rings. The number of aliphatic carboxylic acids is 1. The predicted octanol–water partition coefficient (Wildman–Crippen LogP) is -0.987. The second-order valence-electron chi connectivity index (χ2n) is 5.06. The van der Waals surface area contributed by atoms with Crippen LogP contribution in [0.4, 0.5) is 0 Å². The molecule has 0 radical (unpaired) electrons. The molecule has 2 heterocycles. The first-order valence-corrected chi connectivity index (χ1v) is 6.70. The third-order valence-corrected chi connectivity index (χ3v) is 3.67. The number of amides is 1. The van der Waals surface area contributed by atoms with Gasteiger partial charge in [0.1, 0.15) is 12.6 Å². The topological polar surface area (TPSA) is 102 Å². The Kier molecular flexibility index (Phi) is 4.25. The molecule has 114 valence electrons. The smallest absolute Gasteiger partial charge is 0.331 e. The minimum Gasteiger partial charge on any atom is -0.480 e. The average molecular weight is 295 g/mol. The van der Waals surface area contributed by atoms with Crippen molar-refractivity contribution in [1.29, 1.82) is 0 Å². The molecule has 1 aliphatic heterocycles. The number of carboxylic acid groups (broad SMARTS) is 1. The fourth-order valence-corrected chi connectivity index (χ4v) is 2.46. The van der Waals surface area contributed by atoms with Gasteiger partial charge in [0.15, 0.2) is 0 Å². The SMILES string of the molecule is Cn1c(=O)ccn(CC(=O)N2CCCCC2C(=O)O)c1=O. The lowest BCUT2D eigenvalue weighted by Crippen LogP contribution is -2.50. The van der Waals surface area contributed by atoms with Crippen LogP contribution in [-0.4, -0.2) is 43.6 Å². The number of hydrogen-bond acceptors (Lipinski definition) is 4. The van der Waals surface area contributed by atoms with Crippen molar-refractivity contribution in [2.24, 2.45) is 7.05 Å². The maximum Gasteiger partial charge on any atom is 0.331 e. The first-order valence-electron chi connectivity index (χ1n) is 6.70. The van der Waals surface area contributed by atoms with Gasteiger partial charge in [0, 0.05) is 25.9 Å². The predicted molar refractivity (Wildman–Crippen MR) is 72.9 cm³/mol. The van der Waals surface area contributed by atoms with Gasteiger partial charge >= 0.3 is 11.7 Å². The first-order chi connectivity index (χ1) is 9.91. The van der Waals surface area contributed by atoms with Crippen LogP contribution in [0.5, 0.6) is 0 Å². The molecular weight excluding hydrogens is 278 g/mol. The second-order valence-corrected chi connectivity index (χ2v) is 5.06. The van der Waals surface area contributed by atoms with Gasteiger partial charge in [0.2, 0.25) is 5.91 Å². The highest BCUT2D eigenvalue weighted by atomic mass is 16.4. The molecule has 1 N–H and O–H groups in total. The Labute approximate surface area is 120 Å². The summed E-state index contributed by atoms with van der Waals surface area (Å²) in [5.74, 6) is -1.46. The van der Waals surface area contributed by atoms with Crippen molar-refractivity contribution in [2.75, 3.05) is 6.54 Å². The van der Waals surface area contributed by atoms with E-state index >= 15 is 0 Å². The lowest BCUT2D eigenvalue weighted by molar-refractivity contribution is -0.152. The fraction of sp³-hybridized carbons (Fsp3) is 0.538. The number of carbonyl (C=O) groups is 2. The molecular formula is C13H17N3O5. The van der Waals surface area contributed by atoms with Gasteiger partial charge in [-0.25, -0.2) is 9.59 Å². The van der Waals surface area contributed by atoms with E-state index in [2.05, 4.69) is 0 Å². The molecule has 1 unspecified atom stereocenters. The monoisotopic (exact) mass is 295 g/mol. The maximum atomic E-state index is 12.2. The molecule has 0 aliphatic carbocycles. The molecule has 8 nitrogen and oxygen atoms in total. The Hall–Kier alpha value is -2.38. The fourth-order valence-electron chi connectivity index (χ4n) is 2.46. The first kappa shape index (κ1) is 15.0. The van der Waals surface area contributed by atoms with Gasteiger partial charge in [-0.2, -0.15) is 0 Å². The summed E-state index contributed by atoms with van der Waals surface area (Å²) in [6.07, 6.45) is 3.18. The van der Waals surface area contributed by atoms with E-state index in [1.165, 1.54) is 24.2 Å². The summed E-state index contributed by atoms with van der Waals surface area (Å²) >= 11 is 0. The Morgan fingerprint density at radius 3 is 2.71 bits per heavy atom. The van der Waals surface area contributed by atoms with Crippen molar-refractivity contribution in [2.45, 2.75) is 31.8 Å². The molecule has 1 aromatic heterocycles. The largest absolute Gasteiger partial charge is 0.480 e. The Balaban J connectivity index is 2.21. The van der Waals surface area contributed by atoms with Crippen LogP contribution >= 0.6 is 0 Å². The van der Waals surface area contributed by atoms with Crippen LogP contribution in [0.1, 0.15) is 19.3 Å². The molecule has 0 spiro atoms. The van der Waals surface area contributed by atoms with Crippen LogP contribution in [-0.2, 0) is 23.2 Å². The van der Waals surface area contributed by atoms with E-state index in [0.717, 1.165) is 22.0 Å². The van der Waals surface area contributed by atoms with Crippen LogP contribution in [0.25, 0.3) is 0 Å². The number of nitrogens with zero attached hydrogens (tertiary/aromatic N) is 3. The summed E-state index contributed by atoms with van der Waals surface area (Å²) in [6.45, 7) is 0.104. The third kappa shape index (κ3) is 3.04. The highest BCUT2D eigenvalue weighted by Crippen LogP contribution is 2.17. The van der Waals surface area contributed by atoms with Gasteiger partial charge in [0.05, 0.1) is 0 Å². The average Bonchev–Trinajstić information content (AvgIpc) is 2.47. The summed E-state index contributed by atoms with van der Waals surface area (Å²) in [7, 11) is 1.33. The van der Waals surface area contributed by atoms with Crippen LogP contribution in [0, 0.1) is 0 Å². The van der Waals surface area contributed by atoms with E-state index in [1.54, 1.807) is 0 Å². The van der Waals surface area contributed by atoms with Crippen LogP contribution < -0.4 is 11.2 Å². The molecule has 0 saturated carbocycles. The number of aromatic nitrogens is 2. The van der Waals surface area contributed by atoms with Crippen molar-refractivity contribution >= 4 is 11.9 Å². The second kappa shape index (κ2) is 5.94. The summed E-state index contributed by atoms with van der Waals surface area (Å²) in [6, 6.07) is 0.356. The van der Waals surface area contributed by atoms with Gasteiger partial charge in [-0.05, 0) is 19.3 Å². The van der Waals surface area contributed by atoms with Crippen molar-refractivity contribution < 1.29 is 14.7 Å². The molecule has 8 heteroatoms. The van der Waals surface area contributed by atoms with Gasteiger partial charge in [-0.1, -0.05) is 0 Å². The molecule has 0 bridgehead atoms. The van der Waals surface area contributed by atoms with Crippen molar-refractivity contribution in [3.63, 3.8) is 0 Å². The van der Waals surface area contributed by atoms with E-state index in [9.17, 15) is 19.2 Å². The molecule has 1 aliphatic rings. The van der Waals surface area contributed by atoms with Crippen LogP contribution in [0.2, 0.25) is 0 Å². The number of carbonyl (C=O) groups excluding carboxylic acids is 1. The van der Waals surface area contributed by atoms with E-state index in [0.29, 0.717) is 13.0 Å². The zero-order chi connectivity index (χ0) is 15.6. The summed E-state index contributed by atoms with van der Waals surface area (Å²) < 4.78 is 2.01. The minimum atomic E-state index is -1.03. The third-order valence-electron chi connectivity index (χ3n) is 3.67. The van der Waals surface area contributed by atoms with Crippen LogP contribution in [0.3, 0.4) is 0 Å². The van der Waals surface area contributed by atoms with Crippen LogP contribution in [0.15, 0.2) is 21.9 Å². The molecule has 21 heavy (non-hydrogen) atoms. The lowest BCUT2D eigenvalue weighted by Gasteiger charge is -2.33. The number of carboxylic acids is 1. The van der Waals surface area contributed by atoms with E-state index in [1.807, 2.05) is 0 Å². The zero-order valence-corrected chi connectivity index (χ0v) is 11.7. The number of rotatable bonds is 3. The van der Waals surface area contributed by atoms with Crippen molar-refractivity contribution in [3.8, 4) is 0 Å². The van der Waals surface area contributed by atoms with E-state index < -0.39 is 29.2 Å². The highest BCUT2D eigenvalue weighted by molar-refractivity contribution is 5.83. The quantitative estimate of drug-likeness (QED) is 0.771. The molecule has 1 atom stereocenters. The standard InChI is InChI=1S/C13H17N3O5/c1-14-10(17)5-7-15(13(14)21)8-11(18)16-6-3-2-4-9(16)12(19)20/h5,7,9H,2-4,6,8H2,1H3,(H,19,20).